The fourth-order valence-electron chi connectivity index (χ4n) is 1.96. The topological polar surface area (TPSA) is 45.8 Å². The number of aromatic nitrogens is 2. The molecule has 0 radical (unpaired) electrons. The summed E-state index contributed by atoms with van der Waals surface area (Å²) in [4.78, 5) is 19.9. The molecule has 2 aromatic rings. The fourth-order valence-corrected chi connectivity index (χ4v) is 3.20. The van der Waals surface area contributed by atoms with E-state index in [1.54, 1.807) is 0 Å². The third-order valence-corrected chi connectivity index (χ3v) is 4.40. The molecule has 0 aliphatic heterocycles. The van der Waals surface area contributed by atoms with Gasteiger partial charge in [0.15, 0.2) is 0 Å². The van der Waals surface area contributed by atoms with E-state index in [1.165, 1.54) is 11.3 Å². The minimum Gasteiger partial charge on any atom is -0.309 e. The van der Waals surface area contributed by atoms with Crippen LogP contribution in [0.15, 0.2) is 10.2 Å². The summed E-state index contributed by atoms with van der Waals surface area (Å²) in [5.74, 6) is 0.795. The molecule has 0 bridgehead atoms. The van der Waals surface area contributed by atoms with Gasteiger partial charge in [0.05, 0.1) is 11.3 Å². The second kappa shape index (κ2) is 3.31. The Bertz CT molecular complexity index is 612. The van der Waals surface area contributed by atoms with Crippen LogP contribution in [0.3, 0.4) is 0 Å². The summed E-state index contributed by atoms with van der Waals surface area (Å²) < 4.78 is 0. The lowest BCUT2D eigenvalue weighted by Crippen LogP contribution is -2.13. The van der Waals surface area contributed by atoms with E-state index in [1.807, 2.05) is 0 Å². The van der Waals surface area contributed by atoms with Gasteiger partial charge < -0.3 is 4.98 Å². The van der Waals surface area contributed by atoms with E-state index < -0.39 is 0 Å². The lowest BCUT2D eigenvalue weighted by Gasteiger charge is -2.05. The van der Waals surface area contributed by atoms with Crippen LogP contribution >= 0.6 is 22.9 Å². The monoisotopic (exact) mass is 254 g/mol. The summed E-state index contributed by atoms with van der Waals surface area (Å²) in [6.07, 6.45) is 2.32. The average molecular weight is 255 g/mol. The first-order chi connectivity index (χ1) is 7.64. The maximum absolute atomic E-state index is 12.0. The van der Waals surface area contributed by atoms with Crippen molar-refractivity contribution in [3.63, 3.8) is 0 Å². The van der Waals surface area contributed by atoms with Gasteiger partial charge in [-0.1, -0.05) is 6.92 Å². The van der Waals surface area contributed by atoms with Gasteiger partial charge in [-0.05, 0) is 29.2 Å². The van der Waals surface area contributed by atoms with Crippen LogP contribution in [0.4, 0.5) is 0 Å². The summed E-state index contributed by atoms with van der Waals surface area (Å²) in [7, 11) is 0. The van der Waals surface area contributed by atoms with Crippen LogP contribution in [0.1, 0.15) is 31.2 Å². The molecular weight excluding hydrogens is 244 g/mol. The van der Waals surface area contributed by atoms with Crippen molar-refractivity contribution in [2.75, 3.05) is 0 Å². The van der Waals surface area contributed by atoms with Crippen LogP contribution in [0.5, 0.6) is 0 Å². The molecule has 1 aliphatic rings. The molecule has 0 saturated heterocycles. The van der Waals surface area contributed by atoms with E-state index in [0.29, 0.717) is 5.82 Å². The highest BCUT2D eigenvalue weighted by Gasteiger charge is 2.41. The maximum atomic E-state index is 12.0. The molecule has 0 atom stereocenters. The van der Waals surface area contributed by atoms with E-state index in [4.69, 9.17) is 11.6 Å². The van der Waals surface area contributed by atoms with Gasteiger partial charge in [-0.25, -0.2) is 4.98 Å². The molecule has 84 valence electrons. The molecule has 3 nitrogen and oxygen atoms in total. The zero-order chi connectivity index (χ0) is 11.3. The summed E-state index contributed by atoms with van der Waals surface area (Å²) in [5.41, 5.74) is 1.31. The highest BCUT2D eigenvalue weighted by atomic mass is 35.5. The fraction of sp³-hybridized carbons (Fsp3) is 0.455. The van der Waals surface area contributed by atoms with Crippen LogP contribution in [-0.4, -0.2) is 9.97 Å². The molecule has 16 heavy (non-hydrogen) atoms. The summed E-state index contributed by atoms with van der Waals surface area (Å²) in [6, 6.07) is 0. The zero-order valence-corrected chi connectivity index (χ0v) is 10.4. The van der Waals surface area contributed by atoms with Gasteiger partial charge in [0.2, 0.25) is 0 Å². The number of H-pyrrole nitrogens is 1. The van der Waals surface area contributed by atoms with Gasteiger partial charge in [-0.2, -0.15) is 0 Å². The number of fused-ring (bicyclic) bond motifs is 1. The minimum absolute atomic E-state index is 0.0509. The van der Waals surface area contributed by atoms with Crippen molar-refractivity contribution in [1.82, 2.24) is 9.97 Å². The van der Waals surface area contributed by atoms with Crippen molar-refractivity contribution in [3.8, 4) is 0 Å². The Balaban J connectivity index is 2.31. The molecule has 0 amide bonds. The Morgan fingerprint density at radius 2 is 2.38 bits per heavy atom. The van der Waals surface area contributed by atoms with Gasteiger partial charge in [-0.3, -0.25) is 4.79 Å². The van der Waals surface area contributed by atoms with Crippen LogP contribution in [-0.2, 0) is 11.3 Å². The van der Waals surface area contributed by atoms with Crippen LogP contribution < -0.4 is 5.56 Å². The second-order valence-electron chi connectivity index (χ2n) is 4.54. The molecule has 2 aromatic heterocycles. The quantitative estimate of drug-likeness (QED) is 0.838. The van der Waals surface area contributed by atoms with Gasteiger partial charge >= 0.3 is 0 Å². The molecule has 1 fully saturated rings. The van der Waals surface area contributed by atoms with E-state index in [0.717, 1.165) is 28.6 Å². The van der Waals surface area contributed by atoms with Crippen LogP contribution in [0.25, 0.3) is 10.2 Å². The van der Waals surface area contributed by atoms with E-state index in [2.05, 4.69) is 22.3 Å². The molecular formula is C11H11ClN2OS. The minimum atomic E-state index is -0.0509. The number of aromatic amines is 1. The Hall–Kier alpha value is -0.870. The summed E-state index contributed by atoms with van der Waals surface area (Å²) >= 11 is 7.22. The number of alkyl halides is 1. The SMILES string of the molecule is CC1(c2csc3nc(CCl)[nH]c(=O)c23)CC1. The third-order valence-electron chi connectivity index (χ3n) is 3.27. The second-order valence-corrected chi connectivity index (χ2v) is 5.66. The average Bonchev–Trinajstić information content (AvgIpc) is 2.86. The van der Waals surface area contributed by atoms with Gasteiger partial charge in [0.25, 0.3) is 5.56 Å². The first kappa shape index (κ1) is 10.3. The number of hydrogen-bond donors (Lipinski definition) is 1. The molecule has 0 spiro atoms. The summed E-state index contributed by atoms with van der Waals surface area (Å²) in [5, 5.41) is 2.83. The van der Waals surface area contributed by atoms with Gasteiger partial charge in [0.1, 0.15) is 10.7 Å². The molecule has 1 aliphatic carbocycles. The molecule has 0 aromatic carbocycles. The predicted molar refractivity (Wildman–Crippen MR) is 66.4 cm³/mol. The third kappa shape index (κ3) is 1.40. The van der Waals surface area contributed by atoms with E-state index in [9.17, 15) is 4.79 Å². The van der Waals surface area contributed by atoms with Crippen molar-refractivity contribution < 1.29 is 0 Å². The van der Waals surface area contributed by atoms with Crippen molar-refractivity contribution in [1.29, 1.82) is 0 Å². The van der Waals surface area contributed by atoms with Crippen molar-refractivity contribution in [2.24, 2.45) is 0 Å². The van der Waals surface area contributed by atoms with Crippen molar-refractivity contribution >= 4 is 33.2 Å². The van der Waals surface area contributed by atoms with Crippen LogP contribution in [0, 0.1) is 0 Å². The first-order valence-corrected chi connectivity index (χ1v) is 6.62. The van der Waals surface area contributed by atoms with Crippen molar-refractivity contribution in [3.05, 3.63) is 27.1 Å². The smallest absolute Gasteiger partial charge is 0.259 e. The molecule has 1 N–H and O–H groups in total. The van der Waals surface area contributed by atoms with Crippen LogP contribution in [0.2, 0.25) is 0 Å². The van der Waals surface area contributed by atoms with E-state index >= 15 is 0 Å². The number of halogens is 1. The number of nitrogens with one attached hydrogen (secondary N) is 1. The Kier molecular flexibility index (Phi) is 2.13. The van der Waals surface area contributed by atoms with Gasteiger partial charge in [0, 0.05) is 0 Å². The normalized spacial score (nSPS) is 17.9. The summed E-state index contributed by atoms with van der Waals surface area (Å²) in [6.45, 7) is 2.20. The molecule has 5 heteroatoms. The first-order valence-electron chi connectivity index (χ1n) is 5.21. The highest BCUT2D eigenvalue weighted by molar-refractivity contribution is 7.16. The van der Waals surface area contributed by atoms with E-state index in [-0.39, 0.29) is 16.9 Å². The standard InChI is InChI=1S/C11H11ClN2OS/c1-11(2-3-11)6-5-16-10-8(6)9(15)13-7(4-12)14-10/h5H,2-4H2,1H3,(H,13,14,15). The Labute approximate surface area is 101 Å². The lowest BCUT2D eigenvalue weighted by atomic mass is 9.99. The van der Waals surface area contributed by atoms with Gasteiger partial charge in [-0.15, -0.1) is 22.9 Å². The number of thiophene rings is 1. The molecule has 0 unspecified atom stereocenters. The predicted octanol–water partition coefficient (Wildman–Crippen LogP) is 2.77. The number of hydrogen-bond acceptors (Lipinski definition) is 3. The maximum Gasteiger partial charge on any atom is 0.259 e. The van der Waals surface area contributed by atoms with Crippen molar-refractivity contribution in [2.45, 2.75) is 31.1 Å². The Morgan fingerprint density at radius 1 is 1.62 bits per heavy atom. The molecule has 2 heterocycles. The molecule has 1 saturated carbocycles. The largest absolute Gasteiger partial charge is 0.309 e. The molecule has 3 rings (SSSR count). The zero-order valence-electron chi connectivity index (χ0n) is 8.84. The number of nitrogens with zero attached hydrogens (tertiary/aromatic N) is 1. The Morgan fingerprint density at radius 3 is 3.00 bits per heavy atom. The number of rotatable bonds is 2. The highest BCUT2D eigenvalue weighted by Crippen LogP contribution is 2.50. The lowest BCUT2D eigenvalue weighted by molar-refractivity contribution is 0.798.